The number of aryl methyl sites for hydroxylation is 1. The second kappa shape index (κ2) is 7.98. The Kier molecular flexibility index (Phi) is 5.24. The lowest BCUT2D eigenvalue weighted by Crippen LogP contribution is -2.14. The first-order valence-corrected chi connectivity index (χ1v) is 9.37. The summed E-state index contributed by atoms with van der Waals surface area (Å²) >= 11 is 12.6. The fraction of sp³-hybridized carbons (Fsp3) is 0.111. The van der Waals surface area contributed by atoms with E-state index < -0.39 is 5.91 Å². The number of hydrogen-bond acceptors (Lipinski definition) is 6. The summed E-state index contributed by atoms with van der Waals surface area (Å²) in [5.41, 5.74) is 1.73. The summed E-state index contributed by atoms with van der Waals surface area (Å²) in [6, 6.07) is 12.2. The van der Waals surface area contributed by atoms with E-state index in [-0.39, 0.29) is 5.82 Å². The molecule has 0 aliphatic carbocycles. The first-order chi connectivity index (χ1) is 14.1. The van der Waals surface area contributed by atoms with Gasteiger partial charge in [-0.15, -0.1) is 10.2 Å². The summed E-state index contributed by atoms with van der Waals surface area (Å²) in [6.07, 6.45) is 2.00. The highest BCUT2D eigenvalue weighted by molar-refractivity contribution is 6.37. The number of nitrogens with one attached hydrogen (secondary N) is 1. The van der Waals surface area contributed by atoms with E-state index in [4.69, 9.17) is 23.2 Å². The molecule has 0 spiro atoms. The van der Waals surface area contributed by atoms with Crippen LogP contribution in [-0.4, -0.2) is 40.9 Å². The van der Waals surface area contributed by atoms with Gasteiger partial charge in [-0.25, -0.2) is 14.3 Å². The quantitative estimate of drug-likeness (QED) is 0.522. The molecule has 0 bridgehead atoms. The molecule has 2 heterocycles. The lowest BCUT2D eigenvalue weighted by atomic mass is 10.2. The van der Waals surface area contributed by atoms with Crippen molar-refractivity contribution in [2.45, 2.75) is 13.3 Å². The Morgan fingerprint density at radius 2 is 1.90 bits per heavy atom. The van der Waals surface area contributed by atoms with E-state index in [1.54, 1.807) is 36.4 Å². The predicted octanol–water partition coefficient (Wildman–Crippen LogP) is 3.36. The van der Waals surface area contributed by atoms with E-state index in [1.807, 2.05) is 13.0 Å². The first-order valence-electron chi connectivity index (χ1n) is 8.62. The molecule has 0 radical (unpaired) electrons. The molecule has 2 aromatic heterocycles. The Morgan fingerprint density at radius 1 is 1.14 bits per heavy atom. The fourth-order valence-corrected chi connectivity index (χ4v) is 3.29. The summed E-state index contributed by atoms with van der Waals surface area (Å²) in [5.74, 6) is 0.105. The predicted molar refractivity (Wildman–Crippen MR) is 108 cm³/mol. The number of rotatable bonds is 5. The van der Waals surface area contributed by atoms with Crippen LogP contribution in [0.15, 0.2) is 48.8 Å². The molecule has 4 aromatic rings. The number of halogens is 2. The van der Waals surface area contributed by atoms with Gasteiger partial charge in [0.25, 0.3) is 5.91 Å². The van der Waals surface area contributed by atoms with Gasteiger partial charge in [0.1, 0.15) is 17.8 Å². The molecule has 9 nitrogen and oxygen atoms in total. The highest BCUT2D eigenvalue weighted by atomic mass is 35.5. The molecule has 0 saturated heterocycles. The van der Waals surface area contributed by atoms with Gasteiger partial charge < -0.3 is 5.32 Å². The van der Waals surface area contributed by atoms with Gasteiger partial charge in [0.05, 0.1) is 15.7 Å². The average molecular weight is 429 g/mol. The second-order valence-electron chi connectivity index (χ2n) is 5.95. The van der Waals surface area contributed by atoms with Gasteiger partial charge in [-0.2, -0.15) is 0 Å². The van der Waals surface area contributed by atoms with Gasteiger partial charge in [-0.05, 0) is 40.8 Å². The number of para-hydroxylation sites is 1. The van der Waals surface area contributed by atoms with Gasteiger partial charge in [-0.1, -0.05) is 42.3 Å². The number of anilines is 1. The highest BCUT2D eigenvalue weighted by Crippen LogP contribution is 2.28. The Bertz CT molecular complexity index is 1150. The first kappa shape index (κ1) is 19.0. The Labute approximate surface area is 175 Å². The van der Waals surface area contributed by atoms with Crippen molar-refractivity contribution in [1.29, 1.82) is 0 Å². The van der Waals surface area contributed by atoms with Crippen molar-refractivity contribution < 1.29 is 4.79 Å². The smallest absolute Gasteiger partial charge is 0.295 e. The number of aromatic nitrogens is 7. The molecule has 1 amide bonds. The van der Waals surface area contributed by atoms with Crippen molar-refractivity contribution >= 4 is 34.8 Å². The average Bonchev–Trinajstić information content (AvgIpc) is 3.38. The maximum atomic E-state index is 12.7. The van der Waals surface area contributed by atoms with Crippen molar-refractivity contribution in [3.05, 3.63) is 70.5 Å². The van der Waals surface area contributed by atoms with Crippen LogP contribution in [0.2, 0.25) is 10.0 Å². The molecule has 0 fully saturated rings. The zero-order chi connectivity index (χ0) is 20.4. The molecule has 11 heteroatoms. The Hall–Kier alpha value is -3.30. The molecule has 0 aliphatic heterocycles. The number of hydrogen-bond donors (Lipinski definition) is 1. The van der Waals surface area contributed by atoms with Gasteiger partial charge in [-0.3, -0.25) is 4.79 Å². The Morgan fingerprint density at radius 3 is 2.59 bits per heavy atom. The lowest BCUT2D eigenvalue weighted by molar-refractivity contribution is 0.101. The summed E-state index contributed by atoms with van der Waals surface area (Å²) in [4.78, 5) is 17.1. The molecule has 0 unspecified atom stereocenters. The number of carbonyl (C=O) groups is 1. The second-order valence-corrected chi connectivity index (χ2v) is 6.76. The van der Waals surface area contributed by atoms with Crippen LogP contribution in [0, 0.1) is 0 Å². The molecule has 0 aliphatic rings. The number of nitrogens with zero attached hydrogens (tertiary/aromatic N) is 7. The van der Waals surface area contributed by atoms with Crippen LogP contribution in [0.1, 0.15) is 23.4 Å². The minimum absolute atomic E-state index is 0.00524. The van der Waals surface area contributed by atoms with Crippen LogP contribution in [0.5, 0.6) is 0 Å². The zero-order valence-corrected chi connectivity index (χ0v) is 16.6. The molecule has 4 rings (SSSR count). The summed E-state index contributed by atoms with van der Waals surface area (Å²) in [7, 11) is 0. The van der Waals surface area contributed by atoms with Crippen LogP contribution in [0.25, 0.3) is 11.4 Å². The molecule has 29 heavy (non-hydrogen) atoms. The highest BCUT2D eigenvalue weighted by Gasteiger charge is 2.20. The molecule has 2 aromatic carbocycles. The van der Waals surface area contributed by atoms with Crippen LogP contribution in [0.4, 0.5) is 5.69 Å². The molecular formula is C18H14Cl2N8O. The normalized spacial score (nSPS) is 10.9. The zero-order valence-electron chi connectivity index (χ0n) is 15.1. The topological polar surface area (TPSA) is 103 Å². The molecular weight excluding hydrogens is 415 g/mol. The standard InChI is InChI=1S/C18H14Cl2N8O/c1-2-15-23-17(24-28(15)16-13(19)7-4-8-14(16)20)18(29)22-11-5-3-6-12(9-11)27-10-21-25-26-27/h3-10H,2H2,1H3,(H,22,29). The van der Waals surface area contributed by atoms with E-state index >= 15 is 0 Å². The third-order valence-corrected chi connectivity index (χ3v) is 4.67. The molecule has 146 valence electrons. The minimum Gasteiger partial charge on any atom is -0.319 e. The monoisotopic (exact) mass is 428 g/mol. The van der Waals surface area contributed by atoms with Crippen LogP contribution in [0.3, 0.4) is 0 Å². The molecule has 0 saturated carbocycles. The minimum atomic E-state index is -0.463. The number of benzene rings is 2. The summed E-state index contributed by atoms with van der Waals surface area (Å²) in [5, 5.41) is 19.0. The molecule has 1 N–H and O–H groups in total. The third-order valence-electron chi connectivity index (χ3n) is 4.06. The summed E-state index contributed by atoms with van der Waals surface area (Å²) in [6.45, 7) is 1.91. The molecule has 0 atom stereocenters. The van der Waals surface area contributed by atoms with Crippen molar-refractivity contribution in [3.8, 4) is 11.4 Å². The van der Waals surface area contributed by atoms with E-state index in [1.165, 1.54) is 15.7 Å². The third kappa shape index (κ3) is 3.82. The number of tetrazole rings is 1. The van der Waals surface area contributed by atoms with Crippen molar-refractivity contribution in [3.63, 3.8) is 0 Å². The largest absolute Gasteiger partial charge is 0.319 e. The van der Waals surface area contributed by atoms with E-state index in [2.05, 4.69) is 30.9 Å². The summed E-state index contributed by atoms with van der Waals surface area (Å²) < 4.78 is 2.98. The van der Waals surface area contributed by atoms with Crippen LogP contribution < -0.4 is 5.32 Å². The van der Waals surface area contributed by atoms with Gasteiger partial charge >= 0.3 is 0 Å². The number of amides is 1. The van der Waals surface area contributed by atoms with E-state index in [9.17, 15) is 4.79 Å². The lowest BCUT2D eigenvalue weighted by Gasteiger charge is -2.08. The fourth-order valence-electron chi connectivity index (χ4n) is 2.73. The van der Waals surface area contributed by atoms with Crippen molar-refractivity contribution in [1.82, 2.24) is 35.0 Å². The van der Waals surface area contributed by atoms with E-state index in [0.29, 0.717) is 39.4 Å². The van der Waals surface area contributed by atoms with Crippen LogP contribution >= 0.6 is 23.2 Å². The van der Waals surface area contributed by atoms with Gasteiger partial charge in [0.15, 0.2) is 0 Å². The number of carbonyl (C=O) groups excluding carboxylic acids is 1. The van der Waals surface area contributed by atoms with Crippen molar-refractivity contribution in [2.75, 3.05) is 5.32 Å². The Balaban J connectivity index is 1.64. The van der Waals surface area contributed by atoms with E-state index in [0.717, 1.165) is 0 Å². The van der Waals surface area contributed by atoms with Gasteiger partial charge in [0, 0.05) is 12.1 Å². The maximum absolute atomic E-state index is 12.7. The maximum Gasteiger partial charge on any atom is 0.295 e. The van der Waals surface area contributed by atoms with Crippen molar-refractivity contribution in [2.24, 2.45) is 0 Å². The SMILES string of the molecule is CCc1nc(C(=O)Nc2cccc(-n3cnnn3)c2)nn1-c1c(Cl)cccc1Cl. The van der Waals surface area contributed by atoms with Gasteiger partial charge in [0.2, 0.25) is 5.82 Å². The van der Waals surface area contributed by atoms with Crippen LogP contribution in [-0.2, 0) is 6.42 Å².